The number of nitro groups is 1. The first-order valence-electron chi connectivity index (χ1n) is 8.34. The lowest BCUT2D eigenvalue weighted by Crippen LogP contribution is -2.30. The SMILES string of the molecule is O=[N+]([O-])c1ccc([C@H]2Nc3c(cc(Cl)cc3C(F)(F)F)[C@H]3C=CC[C@@H]32)cc1. The number of fused-ring (bicyclic) bond motifs is 3. The average molecular weight is 395 g/mol. The van der Waals surface area contributed by atoms with Crippen molar-refractivity contribution in [3.63, 3.8) is 0 Å². The normalized spacial score (nSPS) is 23.5. The Balaban J connectivity index is 1.82. The maximum absolute atomic E-state index is 13.6. The van der Waals surface area contributed by atoms with Gasteiger partial charge in [-0.1, -0.05) is 35.9 Å². The van der Waals surface area contributed by atoms with E-state index in [4.69, 9.17) is 11.6 Å². The quantitative estimate of drug-likeness (QED) is 0.380. The molecule has 0 radical (unpaired) electrons. The van der Waals surface area contributed by atoms with Gasteiger partial charge in [-0.2, -0.15) is 13.2 Å². The highest BCUT2D eigenvalue weighted by atomic mass is 35.5. The van der Waals surface area contributed by atoms with Gasteiger partial charge >= 0.3 is 6.18 Å². The molecule has 8 heteroatoms. The molecule has 1 aliphatic carbocycles. The zero-order valence-electron chi connectivity index (χ0n) is 13.8. The monoisotopic (exact) mass is 394 g/mol. The Labute approximate surface area is 157 Å². The van der Waals surface area contributed by atoms with Gasteiger partial charge in [-0.25, -0.2) is 0 Å². The molecule has 0 aromatic heterocycles. The predicted molar refractivity (Wildman–Crippen MR) is 95.9 cm³/mol. The molecule has 0 bridgehead atoms. The molecule has 2 aromatic carbocycles. The summed E-state index contributed by atoms with van der Waals surface area (Å²) in [5.74, 6) is -0.181. The summed E-state index contributed by atoms with van der Waals surface area (Å²) in [6, 6.07) is 8.06. The summed E-state index contributed by atoms with van der Waals surface area (Å²) >= 11 is 5.96. The van der Waals surface area contributed by atoms with E-state index in [1.165, 1.54) is 12.1 Å². The van der Waals surface area contributed by atoms with Gasteiger partial charge < -0.3 is 5.32 Å². The molecule has 0 saturated carbocycles. The van der Waals surface area contributed by atoms with Crippen LogP contribution < -0.4 is 5.32 Å². The molecule has 0 fully saturated rings. The second kappa shape index (κ2) is 6.27. The molecule has 4 rings (SSSR count). The summed E-state index contributed by atoms with van der Waals surface area (Å²) in [5, 5.41) is 14.0. The molecule has 2 aliphatic rings. The van der Waals surface area contributed by atoms with Crippen molar-refractivity contribution in [3.05, 3.63) is 80.4 Å². The number of benzene rings is 2. The number of nitrogens with one attached hydrogen (secondary N) is 1. The van der Waals surface area contributed by atoms with Crippen molar-refractivity contribution in [3.8, 4) is 0 Å². The van der Waals surface area contributed by atoms with Crippen LogP contribution in [-0.2, 0) is 6.18 Å². The minimum absolute atomic E-state index is 0.0125. The summed E-state index contributed by atoms with van der Waals surface area (Å²) in [5.41, 5.74) is 0.428. The Morgan fingerprint density at radius 2 is 1.89 bits per heavy atom. The molecule has 0 saturated heterocycles. The van der Waals surface area contributed by atoms with Crippen LogP contribution in [0.2, 0.25) is 5.02 Å². The molecule has 1 N–H and O–H groups in total. The van der Waals surface area contributed by atoms with E-state index >= 15 is 0 Å². The molecule has 2 aromatic rings. The number of anilines is 1. The van der Waals surface area contributed by atoms with Crippen molar-refractivity contribution in [2.24, 2.45) is 5.92 Å². The Morgan fingerprint density at radius 3 is 2.52 bits per heavy atom. The Hall–Kier alpha value is -2.54. The summed E-state index contributed by atoms with van der Waals surface area (Å²) in [4.78, 5) is 10.4. The number of non-ortho nitro benzene ring substituents is 1. The number of allylic oxidation sites excluding steroid dienone is 2. The Bertz CT molecular complexity index is 941. The van der Waals surface area contributed by atoms with E-state index < -0.39 is 16.7 Å². The van der Waals surface area contributed by atoms with E-state index in [-0.39, 0.29) is 34.3 Å². The fourth-order valence-electron chi connectivity index (χ4n) is 4.02. The van der Waals surface area contributed by atoms with Crippen LogP contribution in [0.1, 0.15) is 35.1 Å². The summed E-state index contributed by atoms with van der Waals surface area (Å²) in [6.07, 6.45) is 0.0294. The lowest BCUT2D eigenvalue weighted by atomic mass is 9.76. The van der Waals surface area contributed by atoms with E-state index in [0.717, 1.165) is 6.07 Å². The second-order valence-corrected chi connectivity index (χ2v) is 7.18. The smallest absolute Gasteiger partial charge is 0.377 e. The zero-order chi connectivity index (χ0) is 19.3. The minimum atomic E-state index is -4.54. The predicted octanol–water partition coefficient (Wildman–Crippen LogP) is 6.09. The first kappa shape index (κ1) is 17.9. The molecule has 4 nitrogen and oxygen atoms in total. The molecular formula is C19H14ClF3N2O2. The molecule has 0 amide bonds. The van der Waals surface area contributed by atoms with Gasteiger partial charge in [-0.05, 0) is 35.6 Å². The summed E-state index contributed by atoms with van der Waals surface area (Å²) in [7, 11) is 0. The van der Waals surface area contributed by atoms with Crippen LogP contribution in [0.25, 0.3) is 0 Å². The standard InChI is InChI=1S/C19H14ClF3N2O2/c20-11-8-15-13-2-1-3-14(13)17(10-4-6-12(7-5-10)25(26)27)24-18(15)16(9-11)19(21,22)23/h1-2,4-9,13-14,17,24H,3H2/t13-,14-,17+/m0/s1. The van der Waals surface area contributed by atoms with Crippen LogP contribution in [0.3, 0.4) is 0 Å². The van der Waals surface area contributed by atoms with Crippen LogP contribution in [0.15, 0.2) is 48.6 Å². The van der Waals surface area contributed by atoms with Gasteiger partial charge in [0.15, 0.2) is 0 Å². The highest BCUT2D eigenvalue weighted by Crippen LogP contribution is 2.53. The summed E-state index contributed by atoms with van der Waals surface area (Å²) in [6.45, 7) is 0. The van der Waals surface area contributed by atoms with Crippen molar-refractivity contribution in [2.75, 3.05) is 5.32 Å². The maximum atomic E-state index is 13.6. The van der Waals surface area contributed by atoms with E-state index in [1.807, 2.05) is 12.2 Å². The zero-order valence-corrected chi connectivity index (χ0v) is 14.6. The van der Waals surface area contributed by atoms with Crippen LogP contribution in [0.5, 0.6) is 0 Å². The fraction of sp³-hybridized carbons (Fsp3) is 0.263. The molecular weight excluding hydrogens is 381 g/mol. The molecule has 27 heavy (non-hydrogen) atoms. The van der Waals surface area contributed by atoms with E-state index in [2.05, 4.69) is 5.32 Å². The second-order valence-electron chi connectivity index (χ2n) is 6.74. The van der Waals surface area contributed by atoms with E-state index in [9.17, 15) is 23.3 Å². The highest BCUT2D eigenvalue weighted by molar-refractivity contribution is 6.30. The van der Waals surface area contributed by atoms with Gasteiger partial charge in [-0.3, -0.25) is 10.1 Å². The van der Waals surface area contributed by atoms with E-state index in [1.54, 1.807) is 18.2 Å². The number of alkyl halides is 3. The molecule has 1 aliphatic heterocycles. The lowest BCUT2D eigenvalue weighted by Gasteiger charge is -2.38. The number of rotatable bonds is 2. The highest BCUT2D eigenvalue weighted by Gasteiger charge is 2.43. The van der Waals surface area contributed by atoms with E-state index in [0.29, 0.717) is 17.5 Å². The van der Waals surface area contributed by atoms with Gasteiger partial charge in [-0.15, -0.1) is 0 Å². The number of halogens is 4. The largest absolute Gasteiger partial charge is 0.418 e. The summed E-state index contributed by atoms with van der Waals surface area (Å²) < 4.78 is 40.7. The fourth-order valence-corrected chi connectivity index (χ4v) is 4.25. The number of nitrogens with zero attached hydrogens (tertiary/aromatic N) is 1. The average Bonchev–Trinajstić information content (AvgIpc) is 3.10. The number of hydrogen-bond donors (Lipinski definition) is 1. The first-order valence-corrected chi connectivity index (χ1v) is 8.71. The van der Waals surface area contributed by atoms with Crippen molar-refractivity contribution >= 4 is 23.0 Å². The van der Waals surface area contributed by atoms with Crippen LogP contribution in [0, 0.1) is 16.0 Å². The first-order chi connectivity index (χ1) is 12.8. The molecule has 1 heterocycles. The Kier molecular flexibility index (Phi) is 4.14. The van der Waals surface area contributed by atoms with Crippen LogP contribution >= 0.6 is 11.6 Å². The van der Waals surface area contributed by atoms with Gasteiger partial charge in [0.25, 0.3) is 5.69 Å². The van der Waals surface area contributed by atoms with Crippen molar-refractivity contribution in [2.45, 2.75) is 24.6 Å². The van der Waals surface area contributed by atoms with Crippen LogP contribution in [-0.4, -0.2) is 4.92 Å². The minimum Gasteiger partial charge on any atom is -0.377 e. The molecule has 0 unspecified atom stereocenters. The van der Waals surface area contributed by atoms with Crippen molar-refractivity contribution in [1.29, 1.82) is 0 Å². The topological polar surface area (TPSA) is 55.2 Å². The van der Waals surface area contributed by atoms with Gasteiger partial charge in [0.05, 0.1) is 22.2 Å². The van der Waals surface area contributed by atoms with Crippen LogP contribution in [0.4, 0.5) is 24.5 Å². The van der Waals surface area contributed by atoms with Crippen molar-refractivity contribution in [1.82, 2.24) is 0 Å². The number of hydrogen-bond acceptors (Lipinski definition) is 3. The van der Waals surface area contributed by atoms with Crippen molar-refractivity contribution < 1.29 is 18.1 Å². The third-order valence-electron chi connectivity index (χ3n) is 5.20. The van der Waals surface area contributed by atoms with Gasteiger partial charge in [0, 0.05) is 23.1 Å². The maximum Gasteiger partial charge on any atom is 0.418 e. The lowest BCUT2D eigenvalue weighted by molar-refractivity contribution is -0.384. The molecule has 140 valence electrons. The van der Waals surface area contributed by atoms with Gasteiger partial charge in [0.1, 0.15) is 0 Å². The van der Waals surface area contributed by atoms with Gasteiger partial charge in [0.2, 0.25) is 0 Å². The third-order valence-corrected chi connectivity index (χ3v) is 5.42. The molecule has 3 atom stereocenters. The third kappa shape index (κ3) is 3.06. The Morgan fingerprint density at radius 1 is 1.19 bits per heavy atom. The number of nitro benzene ring substituents is 1. The molecule has 0 spiro atoms.